The minimum absolute atomic E-state index is 0.0315. The Bertz CT molecular complexity index is 712. The van der Waals surface area contributed by atoms with E-state index in [1.807, 2.05) is 32.0 Å². The van der Waals surface area contributed by atoms with E-state index >= 15 is 0 Å². The first-order chi connectivity index (χ1) is 12.6. The highest BCUT2D eigenvalue weighted by Crippen LogP contribution is 2.23. The number of benzene rings is 1. The van der Waals surface area contributed by atoms with Crippen LogP contribution in [0.5, 0.6) is 5.75 Å². The van der Waals surface area contributed by atoms with E-state index in [2.05, 4.69) is 27.0 Å². The maximum Gasteiger partial charge on any atom is 0.258 e. The van der Waals surface area contributed by atoms with Crippen molar-refractivity contribution >= 4 is 17.2 Å². The molecular weight excluding hydrogens is 348 g/mol. The van der Waals surface area contributed by atoms with Crippen molar-refractivity contribution in [3.05, 3.63) is 51.7 Å². The summed E-state index contributed by atoms with van der Waals surface area (Å²) in [7, 11) is 0. The molecular formula is C20H26N2O3S. The fourth-order valence-corrected chi connectivity index (χ4v) is 3.80. The van der Waals surface area contributed by atoms with E-state index in [1.54, 1.807) is 11.3 Å². The van der Waals surface area contributed by atoms with Crippen LogP contribution in [0.3, 0.4) is 0 Å². The van der Waals surface area contributed by atoms with Gasteiger partial charge in [-0.2, -0.15) is 11.3 Å². The number of amides is 1. The number of nitrogens with one attached hydrogen (secondary N) is 1. The maximum atomic E-state index is 12.3. The van der Waals surface area contributed by atoms with Gasteiger partial charge in [-0.3, -0.25) is 9.69 Å². The molecule has 6 heteroatoms. The molecule has 1 fully saturated rings. The third-order valence-electron chi connectivity index (χ3n) is 4.82. The average molecular weight is 375 g/mol. The van der Waals surface area contributed by atoms with Crippen molar-refractivity contribution in [2.45, 2.75) is 19.9 Å². The second kappa shape index (κ2) is 9.16. The Balaban J connectivity index is 1.54. The monoisotopic (exact) mass is 374 g/mol. The normalized spacial score (nSPS) is 16.2. The molecule has 1 unspecified atom stereocenters. The largest absolute Gasteiger partial charge is 0.483 e. The van der Waals surface area contributed by atoms with Crippen LogP contribution in [0, 0.1) is 13.8 Å². The lowest BCUT2D eigenvalue weighted by Gasteiger charge is -2.34. The second-order valence-corrected chi connectivity index (χ2v) is 7.29. The minimum Gasteiger partial charge on any atom is -0.483 e. The molecule has 0 spiro atoms. The third kappa shape index (κ3) is 4.84. The molecule has 2 aromatic rings. The van der Waals surface area contributed by atoms with E-state index in [9.17, 15) is 4.79 Å². The number of carbonyl (C=O) groups excluding carboxylic acids is 1. The molecule has 3 rings (SSSR count). The lowest BCUT2D eigenvalue weighted by atomic mass is 10.1. The van der Waals surface area contributed by atoms with Gasteiger partial charge in [0.2, 0.25) is 0 Å². The fourth-order valence-electron chi connectivity index (χ4n) is 3.10. The predicted molar refractivity (Wildman–Crippen MR) is 104 cm³/mol. The van der Waals surface area contributed by atoms with Gasteiger partial charge in [-0.1, -0.05) is 12.1 Å². The number of aryl methyl sites for hydroxylation is 1. The first-order valence-corrected chi connectivity index (χ1v) is 9.89. The molecule has 2 heterocycles. The van der Waals surface area contributed by atoms with E-state index in [0.717, 1.165) is 43.2 Å². The van der Waals surface area contributed by atoms with Gasteiger partial charge in [-0.05, 0) is 53.4 Å². The van der Waals surface area contributed by atoms with Gasteiger partial charge >= 0.3 is 0 Å². The molecule has 1 aromatic heterocycles. The second-order valence-electron chi connectivity index (χ2n) is 6.51. The quantitative estimate of drug-likeness (QED) is 0.810. The zero-order chi connectivity index (χ0) is 18.4. The Hall–Kier alpha value is -1.89. The summed E-state index contributed by atoms with van der Waals surface area (Å²) in [5, 5.41) is 7.26. The standard InChI is InChI=1S/C20H26N2O3S/c1-15-4-3-5-19(16(15)2)25-13-20(23)21-12-18(17-6-11-26-14-17)22-7-9-24-10-8-22/h3-6,11,14,18H,7-10,12-13H2,1-2H3,(H,21,23). The molecule has 1 aromatic carbocycles. The number of hydrogen-bond acceptors (Lipinski definition) is 5. The van der Waals surface area contributed by atoms with Gasteiger partial charge in [0.05, 0.1) is 19.3 Å². The van der Waals surface area contributed by atoms with E-state index in [1.165, 1.54) is 5.56 Å². The molecule has 1 atom stereocenters. The van der Waals surface area contributed by atoms with Gasteiger partial charge in [-0.25, -0.2) is 0 Å². The molecule has 0 bridgehead atoms. The summed E-state index contributed by atoms with van der Waals surface area (Å²) in [5.41, 5.74) is 3.48. The maximum absolute atomic E-state index is 12.3. The Labute approximate surface area is 158 Å². The SMILES string of the molecule is Cc1cccc(OCC(=O)NCC(c2ccsc2)N2CCOCC2)c1C. The Morgan fingerprint density at radius 1 is 1.31 bits per heavy atom. The molecule has 1 amide bonds. The van der Waals surface area contributed by atoms with Crippen LogP contribution in [-0.4, -0.2) is 50.3 Å². The van der Waals surface area contributed by atoms with Gasteiger partial charge in [-0.15, -0.1) is 0 Å². The molecule has 140 valence electrons. The highest BCUT2D eigenvalue weighted by atomic mass is 32.1. The van der Waals surface area contributed by atoms with Crippen LogP contribution < -0.4 is 10.1 Å². The van der Waals surface area contributed by atoms with Crippen molar-refractivity contribution in [1.29, 1.82) is 0 Å². The third-order valence-corrected chi connectivity index (χ3v) is 5.52. The predicted octanol–water partition coefficient (Wildman–Crippen LogP) is 2.93. The van der Waals surface area contributed by atoms with Gasteiger partial charge < -0.3 is 14.8 Å². The Morgan fingerprint density at radius 3 is 2.85 bits per heavy atom. The van der Waals surface area contributed by atoms with Gasteiger partial charge in [0.1, 0.15) is 5.75 Å². The van der Waals surface area contributed by atoms with Gasteiger partial charge in [0.25, 0.3) is 5.91 Å². The first-order valence-electron chi connectivity index (χ1n) is 8.95. The molecule has 26 heavy (non-hydrogen) atoms. The van der Waals surface area contributed by atoms with Crippen LogP contribution in [0.4, 0.5) is 0 Å². The fraction of sp³-hybridized carbons (Fsp3) is 0.450. The number of thiophene rings is 1. The number of ether oxygens (including phenoxy) is 2. The van der Waals surface area contributed by atoms with Gasteiger partial charge in [0, 0.05) is 19.6 Å². The summed E-state index contributed by atoms with van der Waals surface area (Å²) in [5.74, 6) is 0.669. The summed E-state index contributed by atoms with van der Waals surface area (Å²) in [6.07, 6.45) is 0. The molecule has 5 nitrogen and oxygen atoms in total. The molecule has 0 saturated carbocycles. The molecule has 1 N–H and O–H groups in total. The first kappa shape index (κ1) is 18.9. The highest BCUT2D eigenvalue weighted by Gasteiger charge is 2.23. The van der Waals surface area contributed by atoms with E-state index in [0.29, 0.717) is 6.54 Å². The zero-order valence-electron chi connectivity index (χ0n) is 15.4. The average Bonchev–Trinajstić information content (AvgIpc) is 3.18. The topological polar surface area (TPSA) is 50.8 Å². The number of morpholine rings is 1. The smallest absolute Gasteiger partial charge is 0.258 e. The van der Waals surface area contributed by atoms with Crippen LogP contribution in [0.1, 0.15) is 22.7 Å². The van der Waals surface area contributed by atoms with Crippen LogP contribution in [0.25, 0.3) is 0 Å². The Morgan fingerprint density at radius 2 is 2.12 bits per heavy atom. The molecule has 1 aliphatic rings. The number of rotatable bonds is 7. The van der Waals surface area contributed by atoms with E-state index in [4.69, 9.17) is 9.47 Å². The zero-order valence-corrected chi connectivity index (χ0v) is 16.2. The van der Waals surface area contributed by atoms with Crippen molar-refractivity contribution in [2.24, 2.45) is 0 Å². The lowest BCUT2D eigenvalue weighted by Crippen LogP contribution is -2.44. The summed E-state index contributed by atoms with van der Waals surface area (Å²) < 4.78 is 11.2. The summed E-state index contributed by atoms with van der Waals surface area (Å²) >= 11 is 1.68. The number of carbonyl (C=O) groups is 1. The Kier molecular flexibility index (Phi) is 6.66. The number of hydrogen-bond donors (Lipinski definition) is 1. The highest BCUT2D eigenvalue weighted by molar-refractivity contribution is 7.07. The molecule has 1 saturated heterocycles. The van der Waals surface area contributed by atoms with Crippen LogP contribution >= 0.6 is 11.3 Å². The van der Waals surface area contributed by atoms with Crippen molar-refractivity contribution in [3.8, 4) is 5.75 Å². The molecule has 1 aliphatic heterocycles. The van der Waals surface area contributed by atoms with Crippen molar-refractivity contribution in [1.82, 2.24) is 10.2 Å². The van der Waals surface area contributed by atoms with Crippen molar-refractivity contribution < 1.29 is 14.3 Å². The van der Waals surface area contributed by atoms with Crippen LogP contribution in [-0.2, 0) is 9.53 Å². The summed E-state index contributed by atoms with van der Waals surface area (Å²) in [6, 6.07) is 8.19. The van der Waals surface area contributed by atoms with Crippen molar-refractivity contribution in [3.63, 3.8) is 0 Å². The summed E-state index contributed by atoms with van der Waals surface area (Å²) in [4.78, 5) is 14.7. The summed E-state index contributed by atoms with van der Waals surface area (Å²) in [6.45, 7) is 7.90. The lowest BCUT2D eigenvalue weighted by molar-refractivity contribution is -0.123. The molecule has 0 aliphatic carbocycles. The van der Waals surface area contributed by atoms with E-state index in [-0.39, 0.29) is 18.6 Å². The van der Waals surface area contributed by atoms with Crippen molar-refractivity contribution in [2.75, 3.05) is 39.5 Å². The van der Waals surface area contributed by atoms with Crippen LogP contribution in [0.2, 0.25) is 0 Å². The van der Waals surface area contributed by atoms with Gasteiger partial charge in [0.15, 0.2) is 6.61 Å². The van der Waals surface area contributed by atoms with E-state index < -0.39 is 0 Å². The van der Waals surface area contributed by atoms with Crippen LogP contribution in [0.15, 0.2) is 35.0 Å². The number of nitrogens with zero attached hydrogens (tertiary/aromatic N) is 1. The minimum atomic E-state index is -0.0978. The molecule has 0 radical (unpaired) electrons.